The number of hydrogen-bond acceptors (Lipinski definition) is 1. The zero-order valence-electron chi connectivity index (χ0n) is 21.4. The molecule has 0 atom stereocenters. The first-order valence-electron chi connectivity index (χ1n) is 12.1. The van der Waals surface area contributed by atoms with Gasteiger partial charge in [-0.05, 0) is 73.5 Å². The Morgan fingerprint density at radius 2 is 1.20 bits per heavy atom. The summed E-state index contributed by atoms with van der Waals surface area (Å²) >= 11 is 25.1. The highest BCUT2D eigenvalue weighted by Crippen LogP contribution is 2.51. The summed E-state index contributed by atoms with van der Waals surface area (Å²) in [4.78, 5) is 0. The van der Waals surface area contributed by atoms with Gasteiger partial charge in [0.2, 0.25) is 0 Å². The molecule has 0 aliphatic rings. The lowest BCUT2D eigenvalue weighted by molar-refractivity contribution is 0.410. The molecule has 1 nitrogen and oxygen atoms in total. The Hall–Kier alpha value is -3.22. The van der Waals surface area contributed by atoms with Gasteiger partial charge in [-0.15, -0.1) is 0 Å². The maximum atomic E-state index is 16.8. The average Bonchev–Trinajstić information content (AvgIpc) is 2.90. The zero-order chi connectivity index (χ0) is 29.6. The van der Waals surface area contributed by atoms with E-state index in [1.165, 1.54) is 36.4 Å². The predicted octanol–water partition coefficient (Wildman–Crippen LogP) is 12.3. The molecule has 0 bridgehead atoms. The van der Waals surface area contributed by atoms with Crippen LogP contribution < -0.4 is 4.74 Å². The van der Waals surface area contributed by atoms with Crippen LogP contribution in [-0.4, -0.2) is 0 Å². The average molecular weight is 636 g/mol. The molecule has 0 heterocycles. The third-order valence-electron chi connectivity index (χ3n) is 6.49. The molecule has 0 aliphatic heterocycles. The molecule has 0 N–H and O–H groups in total. The second-order valence-corrected chi connectivity index (χ2v) is 11.0. The van der Waals surface area contributed by atoms with E-state index in [1.807, 2.05) is 13.0 Å². The summed E-state index contributed by atoms with van der Waals surface area (Å²) in [6, 6.07) is 16.4. The van der Waals surface area contributed by atoms with Crippen molar-refractivity contribution < 1.29 is 22.3 Å². The van der Waals surface area contributed by atoms with E-state index in [-0.39, 0.29) is 53.7 Å². The monoisotopic (exact) mass is 634 g/mol. The smallest absolute Gasteiger partial charge is 0.200 e. The van der Waals surface area contributed by atoms with E-state index in [0.29, 0.717) is 17.2 Å². The molecule has 0 saturated carbocycles. The topological polar surface area (TPSA) is 9.23 Å². The van der Waals surface area contributed by atoms with Crippen molar-refractivity contribution in [2.45, 2.75) is 13.8 Å². The van der Waals surface area contributed by atoms with Crippen LogP contribution in [0.2, 0.25) is 20.1 Å². The van der Waals surface area contributed by atoms with E-state index in [1.54, 1.807) is 19.1 Å². The number of halogens is 8. The van der Waals surface area contributed by atoms with E-state index in [0.717, 1.165) is 17.7 Å². The molecule has 5 rings (SSSR count). The molecule has 208 valence electrons. The lowest BCUT2D eigenvalue weighted by Crippen LogP contribution is -2.05. The summed E-state index contributed by atoms with van der Waals surface area (Å²) < 4.78 is 68.5. The van der Waals surface area contributed by atoms with Gasteiger partial charge in [-0.3, -0.25) is 0 Å². The fraction of sp³-hybridized carbons (Fsp3) is 0.0625. The lowest BCUT2D eigenvalue weighted by atomic mass is 9.84. The normalized spacial score (nSPS) is 11.2. The molecule has 5 aromatic rings. The Balaban J connectivity index is 1.99. The van der Waals surface area contributed by atoms with Crippen LogP contribution in [0, 0.1) is 37.1 Å². The van der Waals surface area contributed by atoms with Gasteiger partial charge in [-0.25, -0.2) is 17.6 Å². The van der Waals surface area contributed by atoms with E-state index < -0.39 is 29.0 Å². The second kappa shape index (κ2) is 11.6. The standard InChI is InChI=1S/C32H18Cl4F4O/c1-15-3-7-20(16(2)11-15)27-28(21-8-6-19(37)14-25(21)38)30(39)32(41-26-10-5-18(34)13-24(26)36)31(40)29(27)22-12-17(33)4-9-23(22)35/h3-14H,1-2H3. The summed E-state index contributed by atoms with van der Waals surface area (Å²) in [5, 5.41) is 0.560. The molecule has 0 aromatic heterocycles. The summed E-state index contributed by atoms with van der Waals surface area (Å²) in [5.74, 6) is -5.31. The summed E-state index contributed by atoms with van der Waals surface area (Å²) in [5.41, 5.74) is 1.08. The van der Waals surface area contributed by atoms with Gasteiger partial charge in [-0.1, -0.05) is 70.2 Å². The highest BCUT2D eigenvalue weighted by molar-refractivity contribution is 6.36. The fourth-order valence-corrected chi connectivity index (χ4v) is 5.51. The second-order valence-electron chi connectivity index (χ2n) is 9.33. The van der Waals surface area contributed by atoms with Crippen LogP contribution in [0.4, 0.5) is 17.6 Å². The Labute approximate surface area is 253 Å². The van der Waals surface area contributed by atoms with Crippen molar-refractivity contribution in [1.29, 1.82) is 0 Å². The van der Waals surface area contributed by atoms with Crippen LogP contribution in [0.15, 0.2) is 72.8 Å². The minimum absolute atomic E-state index is 0.0217. The van der Waals surface area contributed by atoms with Gasteiger partial charge in [0.15, 0.2) is 17.4 Å². The Bertz CT molecular complexity index is 1840. The molecule has 0 saturated heterocycles. The highest BCUT2D eigenvalue weighted by atomic mass is 35.5. The van der Waals surface area contributed by atoms with Crippen LogP contribution in [-0.2, 0) is 0 Å². The summed E-state index contributed by atoms with van der Waals surface area (Å²) in [6.45, 7) is 3.62. The zero-order valence-corrected chi connectivity index (χ0v) is 24.4. The molecule has 0 radical (unpaired) electrons. The van der Waals surface area contributed by atoms with Crippen LogP contribution >= 0.6 is 46.4 Å². The fourth-order valence-electron chi connectivity index (χ4n) is 4.68. The van der Waals surface area contributed by atoms with Crippen molar-refractivity contribution in [3.63, 3.8) is 0 Å². The van der Waals surface area contributed by atoms with Crippen LogP contribution in [0.3, 0.4) is 0 Å². The van der Waals surface area contributed by atoms with E-state index in [9.17, 15) is 4.39 Å². The molecular formula is C32H18Cl4F4O. The lowest BCUT2D eigenvalue weighted by Gasteiger charge is -2.23. The number of ether oxygens (including phenoxy) is 1. The minimum Gasteiger partial charge on any atom is -0.450 e. The molecule has 41 heavy (non-hydrogen) atoms. The van der Waals surface area contributed by atoms with Gasteiger partial charge in [-0.2, -0.15) is 0 Å². The number of aryl methyl sites for hydroxylation is 2. The molecule has 0 fully saturated rings. The van der Waals surface area contributed by atoms with Crippen molar-refractivity contribution in [2.75, 3.05) is 0 Å². The minimum atomic E-state index is -1.24. The van der Waals surface area contributed by atoms with Gasteiger partial charge < -0.3 is 4.74 Å². The van der Waals surface area contributed by atoms with Crippen molar-refractivity contribution >= 4 is 46.4 Å². The first-order valence-corrected chi connectivity index (χ1v) is 13.6. The van der Waals surface area contributed by atoms with Crippen LogP contribution in [0.25, 0.3) is 33.4 Å². The van der Waals surface area contributed by atoms with Crippen molar-refractivity contribution in [2.24, 2.45) is 0 Å². The Kier molecular flexibility index (Phi) is 8.27. The maximum Gasteiger partial charge on any atom is 0.200 e. The maximum absolute atomic E-state index is 16.8. The van der Waals surface area contributed by atoms with Gasteiger partial charge in [0.25, 0.3) is 0 Å². The van der Waals surface area contributed by atoms with Crippen molar-refractivity contribution in [3.05, 3.63) is 127 Å². The molecule has 9 heteroatoms. The number of hydrogen-bond donors (Lipinski definition) is 0. The molecule has 5 aromatic carbocycles. The Morgan fingerprint density at radius 3 is 1.85 bits per heavy atom. The van der Waals surface area contributed by atoms with Gasteiger partial charge in [0.05, 0.1) is 5.02 Å². The van der Waals surface area contributed by atoms with Crippen LogP contribution in [0.1, 0.15) is 11.1 Å². The third kappa shape index (κ3) is 5.64. The molecular weight excluding hydrogens is 618 g/mol. The molecule has 0 unspecified atom stereocenters. The largest absolute Gasteiger partial charge is 0.450 e. The summed E-state index contributed by atoms with van der Waals surface area (Å²) in [7, 11) is 0. The third-order valence-corrected chi connectivity index (χ3v) is 7.59. The first-order chi connectivity index (χ1) is 19.5. The highest BCUT2D eigenvalue weighted by Gasteiger charge is 2.32. The van der Waals surface area contributed by atoms with Gasteiger partial charge >= 0.3 is 0 Å². The van der Waals surface area contributed by atoms with E-state index in [4.69, 9.17) is 51.1 Å². The Morgan fingerprint density at radius 1 is 0.561 bits per heavy atom. The number of benzene rings is 5. The van der Waals surface area contributed by atoms with Crippen LogP contribution in [0.5, 0.6) is 11.5 Å². The first kappa shape index (κ1) is 29.3. The van der Waals surface area contributed by atoms with Crippen molar-refractivity contribution in [3.8, 4) is 44.9 Å². The predicted molar refractivity (Wildman–Crippen MR) is 159 cm³/mol. The SMILES string of the molecule is Cc1ccc(-c2c(-c3ccc(F)cc3F)c(F)c(Oc3ccc(Cl)cc3Cl)c(F)c2-c2cc(Cl)ccc2Cl)c(C)c1. The van der Waals surface area contributed by atoms with Crippen molar-refractivity contribution in [1.82, 2.24) is 0 Å². The molecule has 0 spiro atoms. The molecule has 0 aliphatic carbocycles. The van der Waals surface area contributed by atoms with E-state index >= 15 is 13.2 Å². The molecule has 0 amide bonds. The summed E-state index contributed by atoms with van der Waals surface area (Å²) in [6.07, 6.45) is 0. The quantitative estimate of drug-likeness (QED) is 0.175. The van der Waals surface area contributed by atoms with Gasteiger partial charge in [0.1, 0.15) is 17.4 Å². The van der Waals surface area contributed by atoms with Gasteiger partial charge in [0, 0.05) is 49.0 Å². The van der Waals surface area contributed by atoms with E-state index in [2.05, 4.69) is 0 Å². The number of rotatable bonds is 5.